The molecule has 0 aliphatic heterocycles. The quantitative estimate of drug-likeness (QED) is 0.635. The highest BCUT2D eigenvalue weighted by Crippen LogP contribution is 2.20. The minimum absolute atomic E-state index is 0.315. The number of aryl methyl sites for hydroxylation is 1. The fraction of sp³-hybridized carbons (Fsp3) is 0.158. The van der Waals surface area contributed by atoms with Crippen molar-refractivity contribution in [2.75, 3.05) is 22.8 Å². The van der Waals surface area contributed by atoms with Gasteiger partial charge in [-0.15, -0.1) is 6.58 Å². The normalized spacial score (nSPS) is 10.7. The Balaban J connectivity index is 2.22. The first kappa shape index (κ1) is 20.2. The van der Waals surface area contributed by atoms with Gasteiger partial charge in [0, 0.05) is 12.1 Å². The van der Waals surface area contributed by atoms with Crippen molar-refractivity contribution in [2.45, 2.75) is 6.92 Å². The van der Waals surface area contributed by atoms with Gasteiger partial charge in [-0.25, -0.2) is 8.42 Å². The van der Waals surface area contributed by atoms with Gasteiger partial charge in [-0.05, 0) is 42.8 Å². The van der Waals surface area contributed by atoms with Crippen molar-refractivity contribution in [2.24, 2.45) is 0 Å². The third kappa shape index (κ3) is 5.68. The van der Waals surface area contributed by atoms with Crippen LogP contribution < -0.4 is 15.4 Å². The summed E-state index contributed by atoms with van der Waals surface area (Å²) in [5.74, 6) is -0.734. The highest BCUT2D eigenvalue weighted by atomic mass is 32.2. The first-order valence-corrected chi connectivity index (χ1v) is 9.98. The molecule has 0 bridgehead atoms. The minimum Gasteiger partial charge on any atom is -0.349 e. The SMILES string of the molecule is C=CCNC(=O)c1ccccc1NC(=O)c1ccc(NS(C)(=O)=O)c(C)c1. The first-order valence-electron chi connectivity index (χ1n) is 8.09. The van der Waals surface area contributed by atoms with Crippen LogP contribution in [0, 0.1) is 6.92 Å². The molecule has 0 aliphatic rings. The zero-order valence-electron chi connectivity index (χ0n) is 15.1. The summed E-state index contributed by atoms with van der Waals surface area (Å²) in [6.07, 6.45) is 2.62. The van der Waals surface area contributed by atoms with Crippen LogP contribution in [0.5, 0.6) is 0 Å². The van der Waals surface area contributed by atoms with Crippen molar-refractivity contribution in [1.82, 2.24) is 5.32 Å². The summed E-state index contributed by atoms with van der Waals surface area (Å²) in [7, 11) is -3.41. The van der Waals surface area contributed by atoms with Gasteiger partial charge in [-0.2, -0.15) is 0 Å². The molecule has 7 nitrogen and oxygen atoms in total. The Morgan fingerprint density at radius 1 is 1.07 bits per heavy atom. The molecule has 0 aromatic heterocycles. The average Bonchev–Trinajstić information content (AvgIpc) is 2.60. The molecule has 2 rings (SSSR count). The summed E-state index contributed by atoms with van der Waals surface area (Å²) < 4.78 is 25.1. The van der Waals surface area contributed by atoms with Gasteiger partial charge in [0.1, 0.15) is 0 Å². The number of hydrogen-bond acceptors (Lipinski definition) is 4. The van der Waals surface area contributed by atoms with Crippen molar-refractivity contribution in [3.8, 4) is 0 Å². The van der Waals surface area contributed by atoms with E-state index in [0.29, 0.717) is 34.6 Å². The number of carbonyl (C=O) groups is 2. The number of benzene rings is 2. The van der Waals surface area contributed by atoms with Crippen LogP contribution in [0.3, 0.4) is 0 Å². The minimum atomic E-state index is -3.41. The maximum atomic E-state index is 12.6. The number of rotatable bonds is 7. The van der Waals surface area contributed by atoms with Gasteiger partial charge in [0.25, 0.3) is 11.8 Å². The van der Waals surface area contributed by atoms with E-state index in [1.807, 2.05) is 0 Å². The summed E-state index contributed by atoms with van der Waals surface area (Å²) >= 11 is 0. The number of anilines is 2. The van der Waals surface area contributed by atoms with Crippen molar-refractivity contribution in [3.05, 3.63) is 71.8 Å². The summed E-state index contributed by atoms with van der Waals surface area (Å²) in [4.78, 5) is 24.8. The Morgan fingerprint density at radius 3 is 2.41 bits per heavy atom. The second-order valence-corrected chi connectivity index (χ2v) is 7.65. The van der Waals surface area contributed by atoms with Crippen LogP contribution in [0.25, 0.3) is 0 Å². The lowest BCUT2D eigenvalue weighted by molar-refractivity contribution is 0.0959. The van der Waals surface area contributed by atoms with Gasteiger partial charge in [-0.3, -0.25) is 14.3 Å². The number of para-hydroxylation sites is 1. The smallest absolute Gasteiger partial charge is 0.255 e. The average molecular weight is 387 g/mol. The number of nitrogens with one attached hydrogen (secondary N) is 3. The molecule has 0 spiro atoms. The zero-order chi connectivity index (χ0) is 20.0. The van der Waals surface area contributed by atoms with Crippen molar-refractivity contribution < 1.29 is 18.0 Å². The lowest BCUT2D eigenvalue weighted by Gasteiger charge is -2.12. The molecule has 2 aromatic carbocycles. The molecule has 0 unspecified atom stereocenters. The first-order chi connectivity index (χ1) is 12.7. The highest BCUT2D eigenvalue weighted by Gasteiger charge is 2.14. The van der Waals surface area contributed by atoms with Crippen molar-refractivity contribution >= 4 is 33.2 Å². The van der Waals surface area contributed by atoms with E-state index in [1.54, 1.807) is 43.3 Å². The standard InChI is InChI=1S/C19H21N3O4S/c1-4-11-20-19(24)15-7-5-6-8-17(15)21-18(23)14-9-10-16(13(2)12-14)22-27(3,25)26/h4-10,12,22H,1,11H2,2-3H3,(H,20,24)(H,21,23). The molecule has 0 aliphatic carbocycles. The largest absolute Gasteiger partial charge is 0.349 e. The van der Waals surface area contributed by atoms with Crippen LogP contribution in [0.4, 0.5) is 11.4 Å². The summed E-state index contributed by atoms with van der Waals surface area (Å²) in [6, 6.07) is 11.3. The Kier molecular flexibility index (Phi) is 6.36. The van der Waals surface area contributed by atoms with Crippen LogP contribution in [0.1, 0.15) is 26.3 Å². The molecule has 0 fully saturated rings. The van der Waals surface area contributed by atoms with Crippen LogP contribution in [-0.4, -0.2) is 33.0 Å². The second kappa shape index (κ2) is 8.50. The highest BCUT2D eigenvalue weighted by molar-refractivity contribution is 7.92. The summed E-state index contributed by atoms with van der Waals surface area (Å²) in [6.45, 7) is 5.56. The topological polar surface area (TPSA) is 104 Å². The van der Waals surface area contributed by atoms with Crippen LogP contribution in [0.2, 0.25) is 0 Å². The molecule has 27 heavy (non-hydrogen) atoms. The maximum absolute atomic E-state index is 12.6. The molecule has 8 heteroatoms. The molecule has 3 N–H and O–H groups in total. The van der Waals surface area contributed by atoms with E-state index in [2.05, 4.69) is 21.9 Å². The predicted octanol–water partition coefficient (Wildman–Crippen LogP) is 2.53. The maximum Gasteiger partial charge on any atom is 0.255 e. The molecule has 0 heterocycles. The van der Waals surface area contributed by atoms with E-state index in [4.69, 9.17) is 0 Å². The van der Waals surface area contributed by atoms with E-state index < -0.39 is 15.9 Å². The molecule has 0 radical (unpaired) electrons. The van der Waals surface area contributed by atoms with E-state index in [1.165, 1.54) is 12.1 Å². The molecule has 142 valence electrons. The van der Waals surface area contributed by atoms with E-state index in [9.17, 15) is 18.0 Å². The molecular formula is C19H21N3O4S. The van der Waals surface area contributed by atoms with Gasteiger partial charge >= 0.3 is 0 Å². The van der Waals surface area contributed by atoms with E-state index in [-0.39, 0.29) is 5.91 Å². The van der Waals surface area contributed by atoms with Gasteiger partial charge in [0.05, 0.1) is 23.2 Å². The Morgan fingerprint density at radius 2 is 1.78 bits per heavy atom. The van der Waals surface area contributed by atoms with Gasteiger partial charge in [0.2, 0.25) is 10.0 Å². The fourth-order valence-electron chi connectivity index (χ4n) is 2.36. The van der Waals surface area contributed by atoms with E-state index >= 15 is 0 Å². The third-order valence-corrected chi connectivity index (χ3v) is 4.20. The van der Waals surface area contributed by atoms with Gasteiger partial charge in [-0.1, -0.05) is 18.2 Å². The van der Waals surface area contributed by atoms with Crippen molar-refractivity contribution in [3.63, 3.8) is 0 Å². The molecule has 0 atom stereocenters. The number of amides is 2. The number of sulfonamides is 1. The third-order valence-electron chi connectivity index (χ3n) is 3.61. The van der Waals surface area contributed by atoms with Gasteiger partial charge < -0.3 is 10.6 Å². The fourth-order valence-corrected chi connectivity index (χ4v) is 2.99. The van der Waals surface area contributed by atoms with Gasteiger partial charge in [0.15, 0.2) is 0 Å². The number of carbonyl (C=O) groups excluding carboxylic acids is 2. The van der Waals surface area contributed by atoms with E-state index in [0.717, 1.165) is 6.26 Å². The summed E-state index contributed by atoms with van der Waals surface area (Å²) in [5.41, 5.74) is 2.05. The summed E-state index contributed by atoms with van der Waals surface area (Å²) in [5, 5.41) is 5.38. The molecule has 2 aromatic rings. The van der Waals surface area contributed by atoms with Crippen LogP contribution in [0.15, 0.2) is 55.1 Å². The molecule has 0 saturated carbocycles. The monoisotopic (exact) mass is 387 g/mol. The Hall–Kier alpha value is -3.13. The molecule has 0 saturated heterocycles. The lowest BCUT2D eigenvalue weighted by Crippen LogP contribution is -2.25. The van der Waals surface area contributed by atoms with Crippen LogP contribution >= 0.6 is 0 Å². The zero-order valence-corrected chi connectivity index (χ0v) is 15.9. The predicted molar refractivity (Wildman–Crippen MR) is 107 cm³/mol. The second-order valence-electron chi connectivity index (χ2n) is 5.90. The Labute approximate surface area is 158 Å². The Bertz CT molecular complexity index is 984. The van der Waals surface area contributed by atoms with Crippen molar-refractivity contribution in [1.29, 1.82) is 0 Å². The molecular weight excluding hydrogens is 366 g/mol. The number of hydrogen-bond donors (Lipinski definition) is 3. The van der Waals surface area contributed by atoms with Crippen LogP contribution in [-0.2, 0) is 10.0 Å². The lowest BCUT2D eigenvalue weighted by atomic mass is 10.1. The molecule has 2 amide bonds.